The van der Waals surface area contributed by atoms with Gasteiger partial charge in [0.25, 0.3) is 0 Å². The Hall–Kier alpha value is -0.540. The van der Waals surface area contributed by atoms with E-state index >= 15 is 0 Å². The van der Waals surface area contributed by atoms with Crippen molar-refractivity contribution in [2.45, 2.75) is 26.7 Å². The van der Waals surface area contributed by atoms with Crippen molar-refractivity contribution in [3.63, 3.8) is 0 Å². The lowest BCUT2D eigenvalue weighted by Gasteiger charge is -2.17. The molecule has 0 aliphatic carbocycles. The van der Waals surface area contributed by atoms with Crippen molar-refractivity contribution in [1.82, 2.24) is 5.32 Å². The molecule has 17 heavy (non-hydrogen) atoms. The van der Waals surface area contributed by atoms with Gasteiger partial charge in [0, 0.05) is 4.47 Å². The molecule has 1 atom stereocenters. The SMILES string of the molecule is COc1cc(C)c(Br)c(C)c1CC1CCNC1. The number of rotatable bonds is 3. The Morgan fingerprint density at radius 2 is 2.24 bits per heavy atom. The molecule has 1 saturated heterocycles. The van der Waals surface area contributed by atoms with Gasteiger partial charge in [-0.3, -0.25) is 0 Å². The summed E-state index contributed by atoms with van der Waals surface area (Å²) in [5.41, 5.74) is 3.93. The van der Waals surface area contributed by atoms with Crippen LogP contribution >= 0.6 is 15.9 Å². The molecule has 1 aliphatic heterocycles. The molecular weight excluding hydrogens is 278 g/mol. The molecule has 1 unspecified atom stereocenters. The van der Waals surface area contributed by atoms with Gasteiger partial charge in [0.1, 0.15) is 5.75 Å². The van der Waals surface area contributed by atoms with E-state index in [9.17, 15) is 0 Å². The van der Waals surface area contributed by atoms with Crippen molar-refractivity contribution < 1.29 is 4.74 Å². The summed E-state index contributed by atoms with van der Waals surface area (Å²) in [7, 11) is 1.76. The first-order chi connectivity index (χ1) is 8.13. The van der Waals surface area contributed by atoms with Gasteiger partial charge in [-0.2, -0.15) is 0 Å². The van der Waals surface area contributed by atoms with Gasteiger partial charge in [-0.15, -0.1) is 0 Å². The molecule has 0 spiro atoms. The Bertz CT molecular complexity index is 411. The second-order valence-electron chi connectivity index (χ2n) is 4.88. The van der Waals surface area contributed by atoms with Gasteiger partial charge in [0.15, 0.2) is 0 Å². The number of aryl methyl sites for hydroxylation is 1. The number of halogens is 1. The summed E-state index contributed by atoms with van der Waals surface area (Å²) in [6.45, 7) is 6.57. The molecule has 1 fully saturated rings. The molecule has 2 nitrogen and oxygen atoms in total. The molecule has 94 valence electrons. The van der Waals surface area contributed by atoms with E-state index in [1.807, 2.05) is 0 Å². The predicted molar refractivity (Wildman–Crippen MR) is 74.8 cm³/mol. The number of ether oxygens (including phenoxy) is 1. The quantitative estimate of drug-likeness (QED) is 0.925. The lowest BCUT2D eigenvalue weighted by atomic mass is 9.93. The minimum absolute atomic E-state index is 0.747. The Kier molecular flexibility index (Phi) is 4.10. The van der Waals surface area contributed by atoms with Crippen molar-refractivity contribution in [3.05, 3.63) is 27.2 Å². The van der Waals surface area contributed by atoms with Crippen LogP contribution < -0.4 is 10.1 Å². The first-order valence-corrected chi connectivity index (χ1v) is 6.96. The summed E-state index contributed by atoms with van der Waals surface area (Å²) < 4.78 is 6.75. The third-order valence-electron chi connectivity index (χ3n) is 3.65. The molecule has 0 bridgehead atoms. The van der Waals surface area contributed by atoms with Crippen molar-refractivity contribution in [2.24, 2.45) is 5.92 Å². The van der Waals surface area contributed by atoms with Gasteiger partial charge in [0.2, 0.25) is 0 Å². The smallest absolute Gasteiger partial charge is 0.122 e. The zero-order valence-corrected chi connectivity index (χ0v) is 12.4. The Morgan fingerprint density at radius 3 is 2.82 bits per heavy atom. The molecule has 1 N–H and O–H groups in total. The molecule has 3 heteroatoms. The summed E-state index contributed by atoms with van der Waals surface area (Å²) in [5, 5.41) is 3.42. The first kappa shape index (κ1) is 12.9. The maximum Gasteiger partial charge on any atom is 0.122 e. The fourth-order valence-electron chi connectivity index (χ4n) is 2.57. The number of nitrogens with one attached hydrogen (secondary N) is 1. The highest BCUT2D eigenvalue weighted by Gasteiger charge is 2.20. The number of hydrogen-bond acceptors (Lipinski definition) is 2. The molecular formula is C14H20BrNO. The number of benzene rings is 1. The molecule has 1 aromatic carbocycles. The van der Waals surface area contributed by atoms with E-state index in [0.29, 0.717) is 0 Å². The predicted octanol–water partition coefficient (Wildman–Crippen LogP) is 3.23. The van der Waals surface area contributed by atoms with E-state index in [1.165, 1.54) is 27.6 Å². The minimum Gasteiger partial charge on any atom is -0.496 e. The maximum absolute atomic E-state index is 5.53. The Balaban J connectivity index is 2.33. The van der Waals surface area contributed by atoms with Gasteiger partial charge < -0.3 is 10.1 Å². The van der Waals surface area contributed by atoms with Crippen molar-refractivity contribution in [3.8, 4) is 5.75 Å². The largest absolute Gasteiger partial charge is 0.496 e. The van der Waals surface area contributed by atoms with Crippen LogP contribution in [0.15, 0.2) is 10.5 Å². The highest BCUT2D eigenvalue weighted by molar-refractivity contribution is 9.10. The summed E-state index contributed by atoms with van der Waals surface area (Å²) in [6, 6.07) is 2.13. The van der Waals surface area contributed by atoms with Gasteiger partial charge in [-0.25, -0.2) is 0 Å². The van der Waals surface area contributed by atoms with E-state index in [0.717, 1.165) is 31.2 Å². The molecule has 1 heterocycles. The Labute approximate surface area is 112 Å². The van der Waals surface area contributed by atoms with Crippen LogP contribution in [-0.4, -0.2) is 20.2 Å². The van der Waals surface area contributed by atoms with Crippen LogP contribution in [0.1, 0.15) is 23.1 Å². The molecule has 1 aromatic rings. The van der Waals surface area contributed by atoms with E-state index in [2.05, 4.69) is 41.2 Å². The van der Waals surface area contributed by atoms with Crippen molar-refractivity contribution in [2.75, 3.05) is 20.2 Å². The highest BCUT2D eigenvalue weighted by Crippen LogP contribution is 2.34. The van der Waals surface area contributed by atoms with E-state index in [1.54, 1.807) is 7.11 Å². The lowest BCUT2D eigenvalue weighted by Crippen LogP contribution is -2.12. The van der Waals surface area contributed by atoms with Crippen LogP contribution in [0.25, 0.3) is 0 Å². The van der Waals surface area contributed by atoms with Gasteiger partial charge in [-0.1, -0.05) is 15.9 Å². The topological polar surface area (TPSA) is 21.3 Å². The third kappa shape index (κ3) is 2.66. The van der Waals surface area contributed by atoms with Gasteiger partial charge in [0.05, 0.1) is 7.11 Å². The normalized spacial score (nSPS) is 19.6. The summed E-state index contributed by atoms with van der Waals surface area (Å²) in [6.07, 6.45) is 2.38. The van der Waals surface area contributed by atoms with Gasteiger partial charge in [-0.05, 0) is 68.5 Å². The molecule has 0 aromatic heterocycles. The molecule has 0 radical (unpaired) electrons. The standard InChI is InChI=1S/C14H20BrNO/c1-9-6-13(17-3)12(10(2)14(9)15)7-11-4-5-16-8-11/h6,11,16H,4-5,7-8H2,1-3H3. The van der Waals surface area contributed by atoms with Crippen LogP contribution in [0.4, 0.5) is 0 Å². The lowest BCUT2D eigenvalue weighted by molar-refractivity contribution is 0.404. The molecule has 0 amide bonds. The second kappa shape index (κ2) is 5.40. The Morgan fingerprint density at radius 1 is 1.47 bits per heavy atom. The van der Waals surface area contributed by atoms with Crippen LogP contribution in [0.3, 0.4) is 0 Å². The third-order valence-corrected chi connectivity index (χ3v) is 4.87. The van der Waals surface area contributed by atoms with Crippen molar-refractivity contribution >= 4 is 15.9 Å². The number of methoxy groups -OCH3 is 1. The van der Waals surface area contributed by atoms with Crippen LogP contribution in [-0.2, 0) is 6.42 Å². The minimum atomic E-state index is 0.747. The fourth-order valence-corrected chi connectivity index (χ4v) is 2.93. The molecule has 2 rings (SSSR count). The first-order valence-electron chi connectivity index (χ1n) is 6.16. The zero-order valence-electron chi connectivity index (χ0n) is 10.8. The highest BCUT2D eigenvalue weighted by atomic mass is 79.9. The second-order valence-corrected chi connectivity index (χ2v) is 5.67. The maximum atomic E-state index is 5.53. The van der Waals surface area contributed by atoms with Gasteiger partial charge >= 0.3 is 0 Å². The van der Waals surface area contributed by atoms with E-state index < -0.39 is 0 Å². The fraction of sp³-hybridized carbons (Fsp3) is 0.571. The monoisotopic (exact) mass is 297 g/mol. The zero-order chi connectivity index (χ0) is 12.4. The average molecular weight is 298 g/mol. The number of hydrogen-bond donors (Lipinski definition) is 1. The summed E-state index contributed by atoms with van der Waals surface area (Å²) >= 11 is 3.67. The van der Waals surface area contributed by atoms with Crippen LogP contribution in [0.5, 0.6) is 5.75 Å². The van der Waals surface area contributed by atoms with E-state index in [-0.39, 0.29) is 0 Å². The van der Waals surface area contributed by atoms with Crippen LogP contribution in [0, 0.1) is 19.8 Å². The summed E-state index contributed by atoms with van der Waals surface area (Å²) in [5.74, 6) is 1.78. The molecule has 0 saturated carbocycles. The van der Waals surface area contributed by atoms with E-state index in [4.69, 9.17) is 4.74 Å². The average Bonchev–Trinajstić information content (AvgIpc) is 2.82. The summed E-state index contributed by atoms with van der Waals surface area (Å²) in [4.78, 5) is 0. The van der Waals surface area contributed by atoms with Crippen molar-refractivity contribution in [1.29, 1.82) is 0 Å². The molecule has 1 aliphatic rings. The van der Waals surface area contributed by atoms with Crippen LogP contribution in [0.2, 0.25) is 0 Å².